The van der Waals surface area contributed by atoms with Crippen molar-refractivity contribution < 1.29 is 14.3 Å². The number of halogens is 1. The van der Waals surface area contributed by atoms with E-state index >= 15 is 0 Å². The van der Waals surface area contributed by atoms with Crippen LogP contribution < -0.4 is 0 Å². The van der Waals surface area contributed by atoms with Crippen molar-refractivity contribution in [3.63, 3.8) is 0 Å². The second kappa shape index (κ2) is 3.89. The zero-order valence-corrected chi connectivity index (χ0v) is 9.29. The molecule has 2 nitrogen and oxygen atoms in total. The predicted molar refractivity (Wildman–Crippen MR) is 58.8 cm³/mol. The first-order chi connectivity index (χ1) is 7.53. The number of hydrogen-bond acceptors (Lipinski definition) is 1. The lowest BCUT2D eigenvalue weighted by atomic mass is 9.65. The van der Waals surface area contributed by atoms with Crippen molar-refractivity contribution in [1.82, 2.24) is 0 Å². The Morgan fingerprint density at radius 3 is 2.62 bits per heavy atom. The molecule has 86 valence electrons. The molecule has 1 N–H and O–H groups in total. The maximum Gasteiger partial charge on any atom is 0.309 e. The Hall–Kier alpha value is -1.38. The molecule has 0 heterocycles. The largest absolute Gasteiger partial charge is 0.481 e. The first kappa shape index (κ1) is 11.1. The Morgan fingerprint density at radius 1 is 1.50 bits per heavy atom. The average Bonchev–Trinajstić information content (AvgIpc) is 2.13. The molecule has 0 amide bonds. The third-order valence-electron chi connectivity index (χ3n) is 3.60. The molecule has 3 heteroatoms. The van der Waals surface area contributed by atoms with E-state index < -0.39 is 11.4 Å². The summed E-state index contributed by atoms with van der Waals surface area (Å²) in [6, 6.07) is 4.56. The van der Waals surface area contributed by atoms with Crippen LogP contribution in [-0.4, -0.2) is 11.1 Å². The number of carboxylic acids is 1. The molecular formula is C13H15FO2. The van der Waals surface area contributed by atoms with Crippen LogP contribution in [0.4, 0.5) is 4.39 Å². The third-order valence-corrected chi connectivity index (χ3v) is 3.60. The van der Waals surface area contributed by atoms with Crippen LogP contribution in [0.25, 0.3) is 0 Å². The van der Waals surface area contributed by atoms with Crippen molar-refractivity contribution in [2.45, 2.75) is 32.6 Å². The number of rotatable bonds is 3. The summed E-state index contributed by atoms with van der Waals surface area (Å²) in [7, 11) is 0. The second-order valence-corrected chi connectivity index (χ2v) is 4.69. The van der Waals surface area contributed by atoms with E-state index in [9.17, 15) is 14.3 Å². The maximum atomic E-state index is 12.9. The minimum absolute atomic E-state index is 0.265. The van der Waals surface area contributed by atoms with E-state index in [1.807, 2.05) is 6.92 Å². The summed E-state index contributed by atoms with van der Waals surface area (Å²) in [5.41, 5.74) is 1.19. The van der Waals surface area contributed by atoms with Gasteiger partial charge in [-0.25, -0.2) is 4.39 Å². The highest BCUT2D eigenvalue weighted by Crippen LogP contribution is 2.44. The van der Waals surface area contributed by atoms with Crippen LogP contribution in [0, 0.1) is 18.2 Å². The maximum absolute atomic E-state index is 12.9. The fourth-order valence-electron chi connectivity index (χ4n) is 2.29. The Morgan fingerprint density at radius 2 is 2.19 bits per heavy atom. The van der Waals surface area contributed by atoms with Gasteiger partial charge in [0.05, 0.1) is 5.41 Å². The Bertz CT molecular complexity index is 422. The van der Waals surface area contributed by atoms with E-state index in [-0.39, 0.29) is 5.82 Å². The fraction of sp³-hybridized carbons (Fsp3) is 0.462. The third kappa shape index (κ3) is 1.82. The smallest absolute Gasteiger partial charge is 0.309 e. The van der Waals surface area contributed by atoms with E-state index in [0.717, 1.165) is 30.4 Å². The zero-order chi connectivity index (χ0) is 11.8. The lowest BCUT2D eigenvalue weighted by Gasteiger charge is -2.38. The summed E-state index contributed by atoms with van der Waals surface area (Å²) in [5.74, 6) is -0.985. The van der Waals surface area contributed by atoms with Crippen LogP contribution in [0.3, 0.4) is 0 Å². The topological polar surface area (TPSA) is 37.3 Å². The van der Waals surface area contributed by atoms with Gasteiger partial charge in [-0.3, -0.25) is 4.79 Å². The number of aliphatic carboxylic acids is 1. The van der Waals surface area contributed by atoms with E-state index in [2.05, 4.69) is 0 Å². The molecule has 0 radical (unpaired) electrons. The normalized spacial score (nSPS) is 17.9. The molecule has 1 aromatic carbocycles. The van der Waals surface area contributed by atoms with Crippen LogP contribution >= 0.6 is 0 Å². The highest BCUT2D eigenvalue weighted by molar-refractivity contribution is 5.76. The Balaban J connectivity index is 2.23. The molecule has 0 bridgehead atoms. The lowest BCUT2D eigenvalue weighted by Crippen LogP contribution is -2.40. The van der Waals surface area contributed by atoms with Crippen LogP contribution in [-0.2, 0) is 11.2 Å². The molecule has 0 spiro atoms. The van der Waals surface area contributed by atoms with Crippen molar-refractivity contribution in [2.24, 2.45) is 5.41 Å². The molecule has 0 atom stereocenters. The summed E-state index contributed by atoms with van der Waals surface area (Å²) in [4.78, 5) is 11.2. The Kier molecular flexibility index (Phi) is 2.70. The molecular weight excluding hydrogens is 207 g/mol. The predicted octanol–water partition coefficient (Wildman–Crippen LogP) is 2.93. The minimum atomic E-state index is -0.720. The first-order valence-corrected chi connectivity index (χ1v) is 5.52. The summed E-state index contributed by atoms with van der Waals surface area (Å²) in [5, 5.41) is 9.22. The molecule has 0 saturated heterocycles. The molecule has 0 unspecified atom stereocenters. The fourth-order valence-corrected chi connectivity index (χ4v) is 2.29. The van der Waals surface area contributed by atoms with Gasteiger partial charge in [0.1, 0.15) is 5.82 Å². The van der Waals surface area contributed by atoms with Crippen molar-refractivity contribution >= 4 is 5.97 Å². The molecule has 0 aromatic heterocycles. The van der Waals surface area contributed by atoms with Gasteiger partial charge in [0, 0.05) is 0 Å². The van der Waals surface area contributed by atoms with E-state index in [1.165, 1.54) is 12.1 Å². The van der Waals surface area contributed by atoms with Crippen LogP contribution in [0.2, 0.25) is 0 Å². The molecule has 2 rings (SSSR count). The number of hydrogen-bond donors (Lipinski definition) is 1. The summed E-state index contributed by atoms with van der Waals surface area (Å²) < 4.78 is 12.9. The molecule has 1 aliphatic carbocycles. The molecule has 16 heavy (non-hydrogen) atoms. The van der Waals surface area contributed by atoms with Gasteiger partial charge in [-0.2, -0.15) is 0 Å². The van der Waals surface area contributed by atoms with E-state index in [4.69, 9.17) is 0 Å². The van der Waals surface area contributed by atoms with Crippen LogP contribution in [0.5, 0.6) is 0 Å². The second-order valence-electron chi connectivity index (χ2n) is 4.69. The van der Waals surface area contributed by atoms with Crippen LogP contribution in [0.15, 0.2) is 18.2 Å². The van der Waals surface area contributed by atoms with Crippen molar-refractivity contribution in [2.75, 3.05) is 0 Å². The summed E-state index contributed by atoms with van der Waals surface area (Å²) in [6.45, 7) is 1.83. The number of carbonyl (C=O) groups is 1. The molecule has 1 fully saturated rings. The first-order valence-electron chi connectivity index (χ1n) is 5.52. The summed E-state index contributed by atoms with van der Waals surface area (Å²) in [6.07, 6.45) is 2.97. The number of carboxylic acid groups (broad SMARTS) is 1. The number of aryl methyl sites for hydroxylation is 1. The highest BCUT2D eigenvalue weighted by atomic mass is 19.1. The average molecular weight is 222 g/mol. The summed E-state index contributed by atoms with van der Waals surface area (Å²) >= 11 is 0. The van der Waals surface area contributed by atoms with Gasteiger partial charge in [-0.05, 0) is 49.4 Å². The quantitative estimate of drug-likeness (QED) is 0.853. The van der Waals surface area contributed by atoms with E-state index in [1.54, 1.807) is 6.07 Å². The molecule has 1 aliphatic rings. The van der Waals surface area contributed by atoms with Gasteiger partial charge in [-0.15, -0.1) is 0 Å². The van der Waals surface area contributed by atoms with Crippen molar-refractivity contribution in [3.8, 4) is 0 Å². The van der Waals surface area contributed by atoms with Gasteiger partial charge in [-0.1, -0.05) is 12.5 Å². The van der Waals surface area contributed by atoms with Gasteiger partial charge in [0.2, 0.25) is 0 Å². The van der Waals surface area contributed by atoms with Gasteiger partial charge < -0.3 is 5.11 Å². The van der Waals surface area contributed by atoms with Crippen LogP contribution in [0.1, 0.15) is 30.4 Å². The Labute approximate surface area is 94.1 Å². The highest BCUT2D eigenvalue weighted by Gasteiger charge is 2.44. The molecule has 1 saturated carbocycles. The van der Waals surface area contributed by atoms with Gasteiger partial charge in [0.25, 0.3) is 0 Å². The standard InChI is InChI=1S/C13H15FO2/c1-9-7-11(14)4-3-10(9)8-13(12(15)16)5-2-6-13/h3-4,7H,2,5-6,8H2,1H3,(H,15,16). The zero-order valence-electron chi connectivity index (χ0n) is 9.29. The SMILES string of the molecule is Cc1cc(F)ccc1CC1(C(=O)O)CCC1. The lowest BCUT2D eigenvalue weighted by molar-refractivity contribution is -0.154. The minimum Gasteiger partial charge on any atom is -0.481 e. The number of benzene rings is 1. The molecule has 1 aromatic rings. The van der Waals surface area contributed by atoms with E-state index in [0.29, 0.717) is 6.42 Å². The van der Waals surface area contributed by atoms with Crippen molar-refractivity contribution in [1.29, 1.82) is 0 Å². The van der Waals surface area contributed by atoms with Gasteiger partial charge >= 0.3 is 5.97 Å². The van der Waals surface area contributed by atoms with Gasteiger partial charge in [0.15, 0.2) is 0 Å². The molecule has 0 aliphatic heterocycles. The van der Waals surface area contributed by atoms with Crippen molar-refractivity contribution in [3.05, 3.63) is 35.1 Å². The monoisotopic (exact) mass is 222 g/mol.